The van der Waals surface area contributed by atoms with Crippen LogP contribution in [0.2, 0.25) is 0 Å². The Morgan fingerprint density at radius 2 is 2.29 bits per heavy atom. The number of carbonyl (C=O) groups is 1. The van der Waals surface area contributed by atoms with E-state index in [2.05, 4.69) is 4.98 Å². The third-order valence-electron chi connectivity index (χ3n) is 4.85. The fraction of sp³-hybridized carbons (Fsp3) is 0.600. The van der Waals surface area contributed by atoms with Crippen molar-refractivity contribution in [2.45, 2.75) is 26.7 Å². The van der Waals surface area contributed by atoms with Crippen molar-refractivity contribution in [3.05, 3.63) is 21.7 Å². The Hall–Kier alpha value is -2.16. The Balaban J connectivity index is 1.93. The lowest BCUT2D eigenvalue weighted by atomic mass is 9.74. The van der Waals surface area contributed by atoms with Gasteiger partial charge in [-0.2, -0.15) is 9.38 Å². The molecule has 3 rings (SSSR count). The van der Waals surface area contributed by atoms with E-state index in [4.69, 9.17) is 4.74 Å². The van der Waals surface area contributed by atoms with Crippen LogP contribution in [0.1, 0.15) is 26.7 Å². The highest BCUT2D eigenvalue weighted by Gasteiger charge is 2.41. The lowest BCUT2D eigenvalue weighted by Crippen LogP contribution is -2.45. The summed E-state index contributed by atoms with van der Waals surface area (Å²) in [6.07, 6.45) is 3.40. The van der Waals surface area contributed by atoms with Gasteiger partial charge in [-0.1, -0.05) is 11.3 Å². The van der Waals surface area contributed by atoms with Crippen molar-refractivity contribution in [1.29, 1.82) is 0 Å². The van der Waals surface area contributed by atoms with Gasteiger partial charge in [0.15, 0.2) is 0 Å². The number of carbonyl (C=O) groups excluding carboxylic acids is 1. The smallest absolute Gasteiger partial charge is 0.373 e. The maximum absolute atomic E-state index is 12.1. The lowest BCUT2D eigenvalue weighted by molar-refractivity contribution is -0.389. The van der Waals surface area contributed by atoms with E-state index in [1.165, 1.54) is 22.8 Å². The van der Waals surface area contributed by atoms with E-state index in [1.54, 1.807) is 11.6 Å². The van der Waals surface area contributed by atoms with Gasteiger partial charge in [0, 0.05) is 18.5 Å². The molecule has 3 heterocycles. The summed E-state index contributed by atoms with van der Waals surface area (Å²) in [5.41, 5.74) is -0.640. The van der Waals surface area contributed by atoms with Gasteiger partial charge in [-0.05, 0) is 37.5 Å². The van der Waals surface area contributed by atoms with E-state index in [-0.39, 0.29) is 17.7 Å². The maximum atomic E-state index is 12.1. The molecule has 1 saturated heterocycles. The topological polar surface area (TPSA) is 90.0 Å². The van der Waals surface area contributed by atoms with E-state index < -0.39 is 10.3 Å². The van der Waals surface area contributed by atoms with Crippen molar-refractivity contribution in [3.63, 3.8) is 0 Å². The molecule has 0 N–H and O–H groups in total. The first-order valence-electron chi connectivity index (χ1n) is 7.79. The van der Waals surface area contributed by atoms with E-state index >= 15 is 0 Å². The van der Waals surface area contributed by atoms with Crippen molar-refractivity contribution >= 4 is 33.9 Å². The normalized spacial score (nSPS) is 18.8. The van der Waals surface area contributed by atoms with Gasteiger partial charge in [0.2, 0.25) is 5.82 Å². The number of esters is 1. The third-order valence-corrected chi connectivity index (χ3v) is 5.60. The van der Waals surface area contributed by atoms with E-state index in [9.17, 15) is 14.9 Å². The zero-order valence-corrected chi connectivity index (χ0v) is 14.7. The van der Waals surface area contributed by atoms with Crippen LogP contribution in [0.5, 0.6) is 0 Å². The number of thiazole rings is 1. The second-order valence-corrected chi connectivity index (χ2v) is 7.44. The number of fused-ring (bicyclic) bond motifs is 1. The molecule has 0 spiro atoms. The highest BCUT2D eigenvalue weighted by atomic mass is 32.1. The summed E-state index contributed by atoms with van der Waals surface area (Å²) in [6, 6.07) is 0. The molecule has 2 aromatic heterocycles. The molecule has 0 aromatic carbocycles. The average Bonchev–Trinajstić information content (AvgIpc) is 3.14. The largest absolute Gasteiger partial charge is 0.469 e. The summed E-state index contributed by atoms with van der Waals surface area (Å²) in [5.74, 6) is 0.174. The molecule has 24 heavy (non-hydrogen) atoms. The number of ether oxygens (including phenoxy) is 1. The molecule has 2 aromatic rings. The van der Waals surface area contributed by atoms with Gasteiger partial charge in [-0.15, -0.1) is 0 Å². The monoisotopic (exact) mass is 352 g/mol. The fourth-order valence-electron chi connectivity index (χ4n) is 3.33. The molecular weight excluding hydrogens is 332 g/mol. The average molecular weight is 352 g/mol. The Kier molecular flexibility index (Phi) is 4.20. The Morgan fingerprint density at radius 1 is 1.54 bits per heavy atom. The van der Waals surface area contributed by atoms with Gasteiger partial charge >= 0.3 is 11.8 Å². The minimum absolute atomic E-state index is 0.0113. The summed E-state index contributed by atoms with van der Waals surface area (Å²) in [5, 5.41) is 13.3. The molecule has 0 amide bonds. The standard InChI is InChI=1S/C15H20N4O4S/c1-15(2,13(20)23-3)10-5-4-6-17(9-10)11-12(19(21)22)18-7-8-24-14(18)16-11/h7-8,10H,4-6,9H2,1-3H3. The Labute approximate surface area is 143 Å². The molecule has 1 atom stereocenters. The number of piperidine rings is 1. The lowest BCUT2D eigenvalue weighted by Gasteiger charge is -2.39. The van der Waals surface area contributed by atoms with Crippen molar-refractivity contribution in [3.8, 4) is 0 Å². The van der Waals surface area contributed by atoms with E-state index in [1.807, 2.05) is 18.7 Å². The van der Waals surface area contributed by atoms with E-state index in [0.717, 1.165) is 12.8 Å². The summed E-state index contributed by atoms with van der Waals surface area (Å²) in [6.45, 7) is 4.98. The van der Waals surface area contributed by atoms with Crippen LogP contribution in [0.4, 0.5) is 11.6 Å². The molecule has 1 aliphatic rings. The number of hydrogen-bond donors (Lipinski definition) is 0. The van der Waals surface area contributed by atoms with Gasteiger partial charge in [0.1, 0.15) is 6.20 Å². The quantitative estimate of drug-likeness (QED) is 0.477. The van der Waals surface area contributed by atoms with Crippen LogP contribution in [0.15, 0.2) is 11.6 Å². The number of hydrogen-bond acceptors (Lipinski definition) is 7. The van der Waals surface area contributed by atoms with Crippen molar-refractivity contribution < 1.29 is 14.5 Å². The SMILES string of the molecule is COC(=O)C(C)(C)C1CCCN(c2nc3sccn3c2[N+](=O)[O-])C1. The van der Waals surface area contributed by atoms with Crippen LogP contribution < -0.4 is 4.90 Å². The number of methoxy groups -OCH3 is 1. The molecule has 0 bridgehead atoms. The van der Waals surface area contributed by atoms with Crippen LogP contribution >= 0.6 is 11.3 Å². The molecule has 1 aliphatic heterocycles. The van der Waals surface area contributed by atoms with Crippen molar-refractivity contribution in [2.24, 2.45) is 11.3 Å². The van der Waals surface area contributed by atoms with Gasteiger partial charge < -0.3 is 19.8 Å². The number of nitrogens with zero attached hydrogens (tertiary/aromatic N) is 4. The zero-order valence-electron chi connectivity index (χ0n) is 13.9. The van der Waals surface area contributed by atoms with Crippen LogP contribution in [0, 0.1) is 21.4 Å². The molecule has 8 nitrogen and oxygen atoms in total. The predicted molar refractivity (Wildman–Crippen MR) is 90.5 cm³/mol. The number of anilines is 1. The molecule has 0 saturated carbocycles. The minimum Gasteiger partial charge on any atom is -0.469 e. The van der Waals surface area contributed by atoms with Gasteiger partial charge in [-0.3, -0.25) is 4.79 Å². The number of nitro groups is 1. The minimum atomic E-state index is -0.640. The second-order valence-electron chi connectivity index (χ2n) is 6.57. The van der Waals surface area contributed by atoms with Gasteiger partial charge in [-0.25, -0.2) is 0 Å². The summed E-state index contributed by atoms with van der Waals surface area (Å²) in [7, 11) is 1.39. The highest BCUT2D eigenvalue weighted by molar-refractivity contribution is 7.15. The Morgan fingerprint density at radius 3 is 2.96 bits per heavy atom. The summed E-state index contributed by atoms with van der Waals surface area (Å²) < 4.78 is 6.43. The molecule has 1 fully saturated rings. The second kappa shape index (κ2) is 6.04. The van der Waals surface area contributed by atoms with Crippen LogP contribution in [-0.4, -0.2) is 40.5 Å². The molecular formula is C15H20N4O4S. The van der Waals surface area contributed by atoms with Gasteiger partial charge in [0.05, 0.1) is 12.5 Å². The van der Waals surface area contributed by atoms with E-state index in [0.29, 0.717) is 23.9 Å². The molecule has 130 valence electrons. The number of rotatable bonds is 4. The first-order valence-corrected chi connectivity index (χ1v) is 8.67. The van der Waals surface area contributed by atoms with Crippen LogP contribution in [-0.2, 0) is 9.53 Å². The molecule has 9 heteroatoms. The fourth-order valence-corrected chi connectivity index (χ4v) is 4.04. The first kappa shape index (κ1) is 16.7. The third kappa shape index (κ3) is 2.62. The Bertz CT molecular complexity index is 782. The van der Waals surface area contributed by atoms with Crippen molar-refractivity contribution in [1.82, 2.24) is 9.38 Å². The molecule has 0 aliphatic carbocycles. The summed E-state index contributed by atoms with van der Waals surface area (Å²) in [4.78, 5) is 30.2. The van der Waals surface area contributed by atoms with Gasteiger partial charge in [0.25, 0.3) is 4.96 Å². The maximum Gasteiger partial charge on any atom is 0.373 e. The van der Waals surface area contributed by atoms with Crippen LogP contribution in [0.3, 0.4) is 0 Å². The zero-order chi connectivity index (χ0) is 17.5. The molecule has 0 radical (unpaired) electrons. The predicted octanol–water partition coefficient (Wildman–Crippen LogP) is 2.72. The van der Waals surface area contributed by atoms with Crippen LogP contribution in [0.25, 0.3) is 4.96 Å². The number of aromatic nitrogens is 2. The highest BCUT2D eigenvalue weighted by Crippen LogP contribution is 2.39. The summed E-state index contributed by atoms with van der Waals surface area (Å²) >= 11 is 1.37. The molecule has 1 unspecified atom stereocenters. The first-order chi connectivity index (χ1) is 11.4. The number of imidazole rings is 1. The van der Waals surface area contributed by atoms with Crippen molar-refractivity contribution in [2.75, 3.05) is 25.1 Å².